The maximum absolute atomic E-state index is 8.67. The van der Waals surface area contributed by atoms with E-state index in [1.165, 1.54) is 0 Å². The van der Waals surface area contributed by atoms with E-state index < -0.39 is 11.4 Å². The minimum atomic E-state index is -2.61. The van der Waals surface area contributed by atoms with Gasteiger partial charge in [-0.3, -0.25) is 9.11 Å². The molecule has 0 aromatic heterocycles. The molecule has 0 aliphatic heterocycles. The molecule has 0 aromatic rings. The van der Waals surface area contributed by atoms with E-state index in [4.69, 9.17) is 13.3 Å². The van der Waals surface area contributed by atoms with Gasteiger partial charge in [-0.1, -0.05) is 0 Å². The third kappa shape index (κ3) is 68.5. The Balaban J connectivity index is -0.0000000150. The third-order valence-corrected chi connectivity index (χ3v) is 0. The predicted octanol–water partition coefficient (Wildman–Crippen LogP) is -2.69. The summed E-state index contributed by atoms with van der Waals surface area (Å²) >= 11 is -2.61. The second kappa shape index (κ2) is 15.7. The molecule has 0 aliphatic carbocycles. The average Bonchev–Trinajstić information content (AvgIpc) is 0.811. The quantitative estimate of drug-likeness (QED) is 0.374. The van der Waals surface area contributed by atoms with Crippen LogP contribution in [0.25, 0.3) is 0 Å². The molecule has 0 spiro atoms. The molecule has 0 heterocycles. The van der Waals surface area contributed by atoms with Crippen LogP contribution in [-0.2, 0) is 28.4 Å². The third-order valence-electron chi connectivity index (χ3n) is 0. The van der Waals surface area contributed by atoms with E-state index in [9.17, 15) is 0 Å². The van der Waals surface area contributed by atoms with Gasteiger partial charge in [0.15, 0.2) is 0 Å². The standard InChI is InChI=1S/Cu.Ga.In.H2O3S.6H/c;;;1-4(2)3;;;;;;/h;;;(H2,1,2,3);;;;;;. The van der Waals surface area contributed by atoms with E-state index in [1.54, 1.807) is 0 Å². The summed E-state index contributed by atoms with van der Waals surface area (Å²) in [5.41, 5.74) is 0. The Hall–Kier alpha value is 2.10. The molecular weight excluding hydrogens is 328 g/mol. The fourth-order valence-corrected chi connectivity index (χ4v) is 0. The Bertz CT molecular complexity index is 37.9. The molecule has 49 valence electrons. The van der Waals surface area contributed by atoms with Gasteiger partial charge < -0.3 is 0 Å². The Morgan fingerprint density at radius 1 is 1.29 bits per heavy atom. The summed E-state index contributed by atoms with van der Waals surface area (Å²) in [6.45, 7) is 0. The Kier molecular flexibility index (Phi) is 51.5. The molecule has 1 radical (unpaired) electrons. The molecule has 7 heavy (non-hydrogen) atoms. The molecule has 0 saturated carbocycles. The first kappa shape index (κ1) is 23.0. The van der Waals surface area contributed by atoms with E-state index in [0.29, 0.717) is 0 Å². The van der Waals surface area contributed by atoms with Gasteiger partial charge in [-0.15, -0.1) is 0 Å². The molecule has 7 heteroatoms. The second-order valence-electron chi connectivity index (χ2n) is 0.231. The molecule has 0 fully saturated rings. The topological polar surface area (TPSA) is 57.5 Å². The number of rotatable bonds is 0. The van der Waals surface area contributed by atoms with Gasteiger partial charge in [0.1, 0.15) is 0 Å². The van der Waals surface area contributed by atoms with E-state index in [0.717, 1.165) is 0 Å². The van der Waals surface area contributed by atoms with E-state index in [1.807, 2.05) is 0 Å². The van der Waals surface area contributed by atoms with Crippen molar-refractivity contribution in [3.05, 3.63) is 0 Å². The average molecular weight is 336 g/mol. The van der Waals surface area contributed by atoms with Gasteiger partial charge in [0.2, 0.25) is 0 Å². The summed E-state index contributed by atoms with van der Waals surface area (Å²) in [7, 11) is 0. The van der Waals surface area contributed by atoms with Crippen LogP contribution in [0.4, 0.5) is 0 Å². The maximum atomic E-state index is 8.67. The van der Waals surface area contributed by atoms with Crippen molar-refractivity contribution >= 4 is 57.0 Å². The zero-order valence-electron chi connectivity index (χ0n) is 2.01. The first-order valence-electron chi connectivity index (χ1n) is 0.532. The summed E-state index contributed by atoms with van der Waals surface area (Å²) in [5.74, 6) is 0. The van der Waals surface area contributed by atoms with E-state index in [2.05, 4.69) is 0 Å². The summed E-state index contributed by atoms with van der Waals surface area (Å²) in [6, 6.07) is 0. The fourth-order valence-electron chi connectivity index (χ4n) is 0. The van der Waals surface area contributed by atoms with Crippen molar-refractivity contribution in [1.29, 1.82) is 0 Å². The molecule has 0 aromatic carbocycles. The van der Waals surface area contributed by atoms with Gasteiger partial charge in [-0.05, 0) is 0 Å². The van der Waals surface area contributed by atoms with Gasteiger partial charge in [0, 0.05) is 17.1 Å². The van der Waals surface area contributed by atoms with E-state index in [-0.39, 0.29) is 62.7 Å². The van der Waals surface area contributed by atoms with Crippen LogP contribution in [0.5, 0.6) is 0 Å². The second-order valence-corrected chi connectivity index (χ2v) is 0.692. The van der Waals surface area contributed by atoms with Crippen molar-refractivity contribution in [2.24, 2.45) is 0 Å². The molecule has 3 nitrogen and oxygen atoms in total. The minimum absolute atomic E-state index is 0. The van der Waals surface area contributed by atoms with Crippen LogP contribution in [0.1, 0.15) is 0 Å². The van der Waals surface area contributed by atoms with Crippen molar-refractivity contribution in [3.63, 3.8) is 0 Å². The van der Waals surface area contributed by atoms with Crippen LogP contribution in [0.15, 0.2) is 0 Å². The van der Waals surface area contributed by atoms with Crippen LogP contribution in [-0.4, -0.2) is 58.9 Å². The van der Waals surface area contributed by atoms with Gasteiger partial charge >= 0.3 is 45.6 Å². The van der Waals surface area contributed by atoms with Crippen LogP contribution in [0.2, 0.25) is 0 Å². The zero-order valence-corrected chi connectivity index (χ0v) is 3.77. The van der Waals surface area contributed by atoms with E-state index >= 15 is 0 Å². The molecule has 0 rings (SSSR count). The first-order valence-corrected chi connectivity index (χ1v) is 1.60. The van der Waals surface area contributed by atoms with Gasteiger partial charge in [-0.2, -0.15) is 4.21 Å². The molecule has 0 unspecified atom stereocenters. The molecule has 0 amide bonds. The molecule has 0 atom stereocenters. The van der Waals surface area contributed by atoms with Crippen molar-refractivity contribution in [3.8, 4) is 0 Å². The predicted molar refractivity (Wildman–Crippen MR) is 33.3 cm³/mol. The van der Waals surface area contributed by atoms with Crippen molar-refractivity contribution in [1.82, 2.24) is 0 Å². The van der Waals surface area contributed by atoms with Crippen molar-refractivity contribution in [2.75, 3.05) is 0 Å². The van der Waals surface area contributed by atoms with Gasteiger partial charge in [-0.25, -0.2) is 0 Å². The molecular formula is H8CuGaInO3S. The van der Waals surface area contributed by atoms with Crippen LogP contribution < -0.4 is 0 Å². The fraction of sp³-hybridized carbons (Fsp3) is 0. The SMILES string of the molecule is O=S(O)O.[Cu].[GaH3].[InH3]. The molecule has 0 saturated heterocycles. The number of hydrogen-bond acceptors (Lipinski definition) is 1. The van der Waals surface area contributed by atoms with Crippen LogP contribution >= 0.6 is 0 Å². The summed E-state index contributed by atoms with van der Waals surface area (Å²) < 4.78 is 22.8. The zero-order chi connectivity index (χ0) is 3.58. The summed E-state index contributed by atoms with van der Waals surface area (Å²) in [4.78, 5) is 0. The normalized spacial score (nSPS) is 5.00. The molecule has 0 bridgehead atoms. The van der Waals surface area contributed by atoms with Crippen molar-refractivity contribution < 1.29 is 30.4 Å². The molecule has 0 aliphatic rings. The number of hydrogen-bond donors (Lipinski definition) is 2. The summed E-state index contributed by atoms with van der Waals surface area (Å²) in [6.07, 6.45) is 0. The first-order chi connectivity index (χ1) is 1.73. The van der Waals surface area contributed by atoms with Gasteiger partial charge in [0.25, 0.3) is 11.4 Å². The van der Waals surface area contributed by atoms with Crippen LogP contribution in [0, 0.1) is 0 Å². The Labute approximate surface area is 86.4 Å². The Morgan fingerprint density at radius 3 is 1.29 bits per heavy atom. The van der Waals surface area contributed by atoms with Crippen molar-refractivity contribution in [2.45, 2.75) is 0 Å². The Morgan fingerprint density at radius 2 is 1.29 bits per heavy atom. The van der Waals surface area contributed by atoms with Crippen LogP contribution in [0.3, 0.4) is 0 Å². The van der Waals surface area contributed by atoms with Gasteiger partial charge in [0.05, 0.1) is 0 Å². The molecule has 2 N–H and O–H groups in total. The monoisotopic (exact) mass is 335 g/mol. The summed E-state index contributed by atoms with van der Waals surface area (Å²) in [5, 5.41) is 0.